The molecule has 0 unspecified atom stereocenters. The number of hydrogen-bond donors (Lipinski definition) is 2. The molecule has 6 nitrogen and oxygen atoms in total. The van der Waals surface area contributed by atoms with Crippen molar-refractivity contribution in [3.63, 3.8) is 0 Å². The third-order valence-corrected chi connectivity index (χ3v) is 9.27. The van der Waals surface area contributed by atoms with Gasteiger partial charge in [0.25, 0.3) is 0 Å². The first-order chi connectivity index (χ1) is 13.9. The highest BCUT2D eigenvalue weighted by Crippen LogP contribution is 2.68. The Morgan fingerprint density at radius 3 is 2.63 bits per heavy atom. The molecule has 166 valence electrons. The number of esters is 1. The maximum atomic E-state index is 13.0. The first-order valence-electron chi connectivity index (χ1n) is 11.2. The van der Waals surface area contributed by atoms with Crippen LogP contribution in [0.3, 0.4) is 0 Å². The van der Waals surface area contributed by atoms with Crippen LogP contribution in [0.15, 0.2) is 11.6 Å². The number of aliphatic hydroxyl groups is 2. The number of ketones is 2. The molecule has 0 amide bonds. The van der Waals surface area contributed by atoms with E-state index in [2.05, 4.69) is 13.8 Å². The zero-order chi connectivity index (χ0) is 22.1. The van der Waals surface area contributed by atoms with Crippen LogP contribution in [0.2, 0.25) is 0 Å². The molecule has 0 aromatic rings. The van der Waals surface area contributed by atoms with Gasteiger partial charge >= 0.3 is 5.97 Å². The summed E-state index contributed by atoms with van der Waals surface area (Å²) >= 11 is 0. The van der Waals surface area contributed by atoms with Gasteiger partial charge in [-0.15, -0.1) is 0 Å². The smallest absolute Gasteiger partial charge is 0.303 e. The minimum Gasteiger partial charge on any atom is -0.458 e. The second-order valence-electron chi connectivity index (χ2n) is 10.7. The van der Waals surface area contributed by atoms with Crippen LogP contribution in [-0.2, 0) is 19.1 Å². The highest BCUT2D eigenvalue weighted by Gasteiger charge is 2.69. The molecule has 0 aromatic carbocycles. The minimum atomic E-state index is -1.60. The predicted molar refractivity (Wildman–Crippen MR) is 109 cm³/mol. The second kappa shape index (κ2) is 6.99. The molecule has 0 spiro atoms. The van der Waals surface area contributed by atoms with Crippen molar-refractivity contribution in [2.45, 2.75) is 77.9 Å². The molecule has 0 bridgehead atoms. The molecular formula is C24H34O6. The van der Waals surface area contributed by atoms with Gasteiger partial charge in [-0.05, 0) is 67.3 Å². The van der Waals surface area contributed by atoms with E-state index in [0.717, 1.165) is 18.4 Å². The highest BCUT2D eigenvalue weighted by molar-refractivity contribution is 5.92. The fourth-order valence-corrected chi connectivity index (χ4v) is 7.76. The molecule has 0 heterocycles. The number of hydrogen-bond acceptors (Lipinski definition) is 6. The molecule has 30 heavy (non-hydrogen) atoms. The van der Waals surface area contributed by atoms with Gasteiger partial charge in [0.2, 0.25) is 5.78 Å². The fraction of sp³-hybridized carbons (Fsp3) is 0.792. The lowest BCUT2D eigenvalue weighted by Gasteiger charge is -2.62. The molecule has 0 aliphatic heterocycles. The number of ether oxygens (including phenoxy) is 1. The van der Waals surface area contributed by atoms with Crippen molar-refractivity contribution in [1.82, 2.24) is 0 Å². The van der Waals surface area contributed by atoms with Crippen molar-refractivity contribution >= 4 is 17.5 Å². The minimum absolute atomic E-state index is 0.0181. The van der Waals surface area contributed by atoms with E-state index in [1.165, 1.54) is 6.92 Å². The van der Waals surface area contributed by atoms with Crippen LogP contribution in [0.5, 0.6) is 0 Å². The molecule has 2 N–H and O–H groups in total. The van der Waals surface area contributed by atoms with Gasteiger partial charge in [-0.3, -0.25) is 14.4 Å². The molecule has 4 aliphatic rings. The van der Waals surface area contributed by atoms with E-state index in [1.807, 2.05) is 13.0 Å². The number of carbonyl (C=O) groups excluding carboxylic acids is 3. The Morgan fingerprint density at radius 2 is 1.97 bits per heavy atom. The van der Waals surface area contributed by atoms with Crippen LogP contribution in [0.1, 0.15) is 66.2 Å². The molecule has 4 aliphatic carbocycles. The normalized spacial score (nSPS) is 47.6. The largest absolute Gasteiger partial charge is 0.458 e. The van der Waals surface area contributed by atoms with Crippen LogP contribution in [-0.4, -0.2) is 46.1 Å². The molecule has 6 heteroatoms. The summed E-state index contributed by atoms with van der Waals surface area (Å²) in [6, 6.07) is 0. The average molecular weight is 419 g/mol. The average Bonchev–Trinajstić information content (AvgIpc) is 2.92. The van der Waals surface area contributed by atoms with Gasteiger partial charge in [0.05, 0.1) is 6.10 Å². The lowest BCUT2D eigenvalue weighted by atomic mass is 9.43. The Morgan fingerprint density at radius 1 is 1.27 bits per heavy atom. The fourth-order valence-electron chi connectivity index (χ4n) is 7.76. The van der Waals surface area contributed by atoms with E-state index in [1.54, 1.807) is 0 Å². The Hall–Kier alpha value is -1.53. The number of carbonyl (C=O) groups is 3. The summed E-state index contributed by atoms with van der Waals surface area (Å²) in [5, 5.41) is 23.0. The zero-order valence-corrected chi connectivity index (χ0v) is 18.4. The summed E-state index contributed by atoms with van der Waals surface area (Å²) < 4.78 is 4.91. The lowest BCUT2D eigenvalue weighted by Crippen LogP contribution is -2.63. The van der Waals surface area contributed by atoms with Gasteiger partial charge in [-0.2, -0.15) is 0 Å². The van der Waals surface area contributed by atoms with E-state index in [0.29, 0.717) is 25.7 Å². The quantitative estimate of drug-likeness (QED) is 0.683. The van der Waals surface area contributed by atoms with E-state index < -0.39 is 35.5 Å². The number of aliphatic hydroxyl groups excluding tert-OH is 1. The number of rotatable bonds is 3. The van der Waals surface area contributed by atoms with Gasteiger partial charge in [-0.25, -0.2) is 0 Å². The van der Waals surface area contributed by atoms with Crippen molar-refractivity contribution in [1.29, 1.82) is 0 Å². The molecule has 3 saturated carbocycles. The Kier molecular flexibility index (Phi) is 5.06. The summed E-state index contributed by atoms with van der Waals surface area (Å²) in [6.45, 7) is 7.11. The van der Waals surface area contributed by atoms with Gasteiger partial charge < -0.3 is 14.9 Å². The van der Waals surface area contributed by atoms with Crippen molar-refractivity contribution in [3.05, 3.63) is 11.6 Å². The molecule has 3 fully saturated rings. The number of fused-ring (bicyclic) bond motifs is 5. The molecular weight excluding hydrogens is 384 g/mol. The van der Waals surface area contributed by atoms with Crippen molar-refractivity contribution < 1.29 is 29.3 Å². The first kappa shape index (κ1) is 21.7. The SMILES string of the molecule is CC(=O)OCC(=O)[C@@]1(O)CC[C@H]2[C@H]3[C@H]([C@@H](O)C[C@@]21C)[C@@]1(C)CCC(=O)C=C1C[C@@H]3C. The summed E-state index contributed by atoms with van der Waals surface area (Å²) in [4.78, 5) is 36.2. The van der Waals surface area contributed by atoms with Crippen LogP contribution >= 0.6 is 0 Å². The van der Waals surface area contributed by atoms with Crippen molar-refractivity contribution in [2.24, 2.45) is 34.5 Å². The van der Waals surface area contributed by atoms with Gasteiger partial charge in [-0.1, -0.05) is 26.3 Å². The molecule has 0 aromatic heterocycles. The standard InChI is InChI=1S/C24H34O6/c1-13-9-15-10-16(26)5-7-22(15,3)21-18(27)11-23(4)17(20(13)21)6-8-24(23,29)19(28)12-30-14(2)25/h10,13,17-18,20-21,27,29H,5-9,11-12H2,1-4H3/t13-,17-,18-,20-,21-,22-,23-,24-/m0/s1. The third kappa shape index (κ3) is 2.86. The van der Waals surface area contributed by atoms with E-state index in [9.17, 15) is 24.6 Å². The maximum Gasteiger partial charge on any atom is 0.303 e. The Bertz CT molecular complexity index is 817. The topological polar surface area (TPSA) is 101 Å². The summed E-state index contributed by atoms with van der Waals surface area (Å²) in [5.74, 6) is -0.292. The summed E-state index contributed by atoms with van der Waals surface area (Å²) in [6.07, 6.45) is 4.61. The monoisotopic (exact) mass is 418 g/mol. The molecule has 0 saturated heterocycles. The van der Waals surface area contributed by atoms with Crippen molar-refractivity contribution in [2.75, 3.05) is 6.61 Å². The second-order valence-corrected chi connectivity index (χ2v) is 10.7. The van der Waals surface area contributed by atoms with Gasteiger partial charge in [0.15, 0.2) is 12.4 Å². The zero-order valence-electron chi connectivity index (χ0n) is 18.4. The van der Waals surface area contributed by atoms with Gasteiger partial charge in [0, 0.05) is 18.8 Å². The highest BCUT2D eigenvalue weighted by atomic mass is 16.5. The Balaban J connectivity index is 1.70. The summed E-state index contributed by atoms with van der Waals surface area (Å²) in [7, 11) is 0. The van der Waals surface area contributed by atoms with Crippen molar-refractivity contribution in [3.8, 4) is 0 Å². The summed E-state index contributed by atoms with van der Waals surface area (Å²) in [5.41, 5.74) is -1.41. The lowest BCUT2D eigenvalue weighted by molar-refractivity contribution is -0.190. The predicted octanol–water partition coefficient (Wildman–Crippen LogP) is 2.60. The van der Waals surface area contributed by atoms with Crippen LogP contribution < -0.4 is 0 Å². The van der Waals surface area contributed by atoms with Gasteiger partial charge in [0.1, 0.15) is 5.60 Å². The van der Waals surface area contributed by atoms with Crippen LogP contribution in [0.25, 0.3) is 0 Å². The number of allylic oxidation sites excluding steroid dienone is 1. The molecule has 0 radical (unpaired) electrons. The number of Topliss-reactive ketones (excluding diaryl/α,β-unsaturated/α-hetero) is 1. The van der Waals surface area contributed by atoms with Crippen LogP contribution in [0, 0.1) is 34.5 Å². The third-order valence-electron chi connectivity index (χ3n) is 9.27. The molecule has 8 atom stereocenters. The van der Waals surface area contributed by atoms with E-state index in [-0.39, 0.29) is 34.9 Å². The first-order valence-corrected chi connectivity index (χ1v) is 11.2. The van der Waals surface area contributed by atoms with E-state index in [4.69, 9.17) is 4.74 Å². The maximum absolute atomic E-state index is 13.0. The molecule has 4 rings (SSSR count). The van der Waals surface area contributed by atoms with E-state index >= 15 is 0 Å². The Labute approximate surface area is 178 Å². The van der Waals surface area contributed by atoms with Crippen LogP contribution in [0.4, 0.5) is 0 Å².